The molecule has 1 saturated heterocycles. The van der Waals surface area contributed by atoms with Crippen LogP contribution in [0.1, 0.15) is 25.5 Å². The molecule has 1 N–H and O–H groups in total. The van der Waals surface area contributed by atoms with Crippen molar-refractivity contribution < 1.29 is 9.50 Å². The summed E-state index contributed by atoms with van der Waals surface area (Å²) < 4.78 is 14.0. The van der Waals surface area contributed by atoms with E-state index in [1.807, 2.05) is 0 Å². The van der Waals surface area contributed by atoms with Gasteiger partial charge in [0.05, 0.1) is 11.8 Å². The number of piperazine rings is 1. The lowest BCUT2D eigenvalue weighted by molar-refractivity contribution is 0.199. The molecule has 18 heavy (non-hydrogen) atoms. The number of hydrogen-bond acceptors (Lipinski definition) is 3. The van der Waals surface area contributed by atoms with Crippen molar-refractivity contribution in [2.24, 2.45) is 0 Å². The van der Waals surface area contributed by atoms with Crippen LogP contribution in [0.5, 0.6) is 0 Å². The maximum atomic E-state index is 14.0. The molecule has 100 valence electrons. The predicted octanol–water partition coefficient (Wildman–Crippen LogP) is 2.02. The van der Waals surface area contributed by atoms with Crippen LogP contribution in [0.4, 0.5) is 10.1 Å². The number of halogens is 1. The van der Waals surface area contributed by atoms with Gasteiger partial charge in [-0.15, -0.1) is 0 Å². The summed E-state index contributed by atoms with van der Waals surface area (Å²) in [6, 6.07) is 5.01. The maximum absolute atomic E-state index is 14.0. The molecule has 0 spiro atoms. The van der Waals surface area contributed by atoms with Gasteiger partial charge in [0, 0.05) is 26.2 Å². The van der Waals surface area contributed by atoms with Crippen molar-refractivity contribution in [2.45, 2.75) is 20.0 Å². The van der Waals surface area contributed by atoms with Crippen molar-refractivity contribution in [1.82, 2.24) is 4.90 Å². The summed E-state index contributed by atoms with van der Waals surface area (Å²) in [7, 11) is 0. The van der Waals surface area contributed by atoms with E-state index in [-0.39, 0.29) is 5.82 Å². The molecule has 1 aromatic carbocycles. The molecule has 1 atom stereocenters. The number of rotatable bonds is 3. The number of aliphatic hydroxyl groups is 1. The Kier molecular flexibility index (Phi) is 4.19. The third-order valence-corrected chi connectivity index (χ3v) is 3.61. The average Bonchev–Trinajstić information content (AvgIpc) is 2.38. The summed E-state index contributed by atoms with van der Waals surface area (Å²) in [6.45, 7) is 8.53. The minimum absolute atomic E-state index is 0.238. The molecule has 4 heteroatoms. The fraction of sp³-hybridized carbons (Fsp3) is 0.571. The van der Waals surface area contributed by atoms with Gasteiger partial charge in [-0.1, -0.05) is 13.0 Å². The zero-order chi connectivity index (χ0) is 13.1. The van der Waals surface area contributed by atoms with Crippen molar-refractivity contribution in [2.75, 3.05) is 37.6 Å². The molecule has 1 aliphatic rings. The highest BCUT2D eigenvalue weighted by molar-refractivity contribution is 5.49. The number of likely N-dealkylation sites (N-methyl/N-ethyl adjacent to an activating group) is 1. The first-order valence-electron chi connectivity index (χ1n) is 6.56. The largest absolute Gasteiger partial charge is 0.389 e. The number of aliphatic hydroxyl groups excluding tert-OH is 1. The molecule has 0 radical (unpaired) electrons. The second-order valence-electron chi connectivity index (χ2n) is 4.81. The molecule has 1 heterocycles. The minimum Gasteiger partial charge on any atom is -0.389 e. The first kappa shape index (κ1) is 13.3. The molecule has 1 aliphatic heterocycles. The van der Waals surface area contributed by atoms with Gasteiger partial charge in [-0.25, -0.2) is 4.39 Å². The van der Waals surface area contributed by atoms with Gasteiger partial charge in [0.1, 0.15) is 5.82 Å². The molecule has 0 amide bonds. The molecule has 0 saturated carbocycles. The average molecular weight is 252 g/mol. The van der Waals surface area contributed by atoms with E-state index in [4.69, 9.17) is 0 Å². The van der Waals surface area contributed by atoms with Crippen molar-refractivity contribution in [3.05, 3.63) is 29.6 Å². The molecule has 1 fully saturated rings. The second kappa shape index (κ2) is 5.67. The smallest absolute Gasteiger partial charge is 0.146 e. The van der Waals surface area contributed by atoms with Crippen LogP contribution < -0.4 is 4.90 Å². The third-order valence-electron chi connectivity index (χ3n) is 3.61. The lowest BCUT2D eigenvalue weighted by Gasteiger charge is -2.35. The summed E-state index contributed by atoms with van der Waals surface area (Å²) in [6.07, 6.45) is -0.620. The number of anilines is 1. The first-order chi connectivity index (χ1) is 8.61. The van der Waals surface area contributed by atoms with E-state index < -0.39 is 6.10 Å². The van der Waals surface area contributed by atoms with Crippen LogP contribution in [0.3, 0.4) is 0 Å². The first-order valence-corrected chi connectivity index (χ1v) is 6.56. The van der Waals surface area contributed by atoms with Crippen LogP contribution in [-0.4, -0.2) is 42.7 Å². The Balaban J connectivity index is 2.10. The van der Waals surface area contributed by atoms with E-state index in [1.54, 1.807) is 19.1 Å². The Morgan fingerprint density at radius 3 is 2.44 bits per heavy atom. The van der Waals surface area contributed by atoms with Gasteiger partial charge in [-0.05, 0) is 31.2 Å². The van der Waals surface area contributed by atoms with E-state index in [0.29, 0.717) is 11.3 Å². The number of hydrogen-bond donors (Lipinski definition) is 1. The third kappa shape index (κ3) is 2.82. The Bertz CT molecular complexity index is 401. The Morgan fingerprint density at radius 1 is 1.28 bits per heavy atom. The van der Waals surface area contributed by atoms with Crippen LogP contribution in [0.15, 0.2) is 18.2 Å². The highest BCUT2D eigenvalue weighted by Gasteiger charge is 2.18. The summed E-state index contributed by atoms with van der Waals surface area (Å²) in [5.74, 6) is -0.238. The van der Waals surface area contributed by atoms with Crippen LogP contribution in [0, 0.1) is 5.82 Å². The second-order valence-corrected chi connectivity index (χ2v) is 4.81. The molecule has 3 nitrogen and oxygen atoms in total. The predicted molar refractivity (Wildman–Crippen MR) is 71.4 cm³/mol. The summed E-state index contributed by atoms with van der Waals surface area (Å²) in [4.78, 5) is 4.44. The quantitative estimate of drug-likeness (QED) is 0.891. The van der Waals surface area contributed by atoms with Crippen molar-refractivity contribution in [1.29, 1.82) is 0 Å². The fourth-order valence-electron chi connectivity index (χ4n) is 2.34. The van der Waals surface area contributed by atoms with E-state index in [0.717, 1.165) is 32.7 Å². The zero-order valence-corrected chi connectivity index (χ0v) is 11.1. The molecule has 0 aliphatic carbocycles. The van der Waals surface area contributed by atoms with Gasteiger partial charge < -0.3 is 14.9 Å². The van der Waals surface area contributed by atoms with Crippen molar-refractivity contribution in [3.63, 3.8) is 0 Å². The van der Waals surface area contributed by atoms with Gasteiger partial charge in [-0.2, -0.15) is 0 Å². The van der Waals surface area contributed by atoms with Crippen molar-refractivity contribution in [3.8, 4) is 0 Å². The molecule has 0 aromatic heterocycles. The van der Waals surface area contributed by atoms with Crippen LogP contribution in [0.25, 0.3) is 0 Å². The van der Waals surface area contributed by atoms with Crippen molar-refractivity contribution >= 4 is 5.69 Å². The monoisotopic (exact) mass is 252 g/mol. The lowest BCUT2D eigenvalue weighted by Crippen LogP contribution is -2.46. The van der Waals surface area contributed by atoms with E-state index in [1.165, 1.54) is 6.07 Å². The highest BCUT2D eigenvalue weighted by Crippen LogP contribution is 2.24. The Hall–Kier alpha value is -1.13. The van der Waals surface area contributed by atoms with Gasteiger partial charge in [-0.3, -0.25) is 0 Å². The molecular formula is C14H21FN2O. The lowest BCUT2D eigenvalue weighted by atomic mass is 10.1. The van der Waals surface area contributed by atoms with Gasteiger partial charge in [0.25, 0.3) is 0 Å². The van der Waals surface area contributed by atoms with Crippen LogP contribution in [-0.2, 0) is 0 Å². The van der Waals surface area contributed by atoms with Gasteiger partial charge in [0.2, 0.25) is 0 Å². The zero-order valence-electron chi connectivity index (χ0n) is 11.1. The topological polar surface area (TPSA) is 26.7 Å². The Labute approximate surface area is 108 Å². The molecule has 0 bridgehead atoms. The number of nitrogens with zero attached hydrogens (tertiary/aromatic N) is 2. The highest BCUT2D eigenvalue weighted by atomic mass is 19.1. The van der Waals surface area contributed by atoms with Gasteiger partial charge in [0.15, 0.2) is 0 Å². The number of benzene rings is 1. The van der Waals surface area contributed by atoms with E-state index in [2.05, 4.69) is 16.7 Å². The molecular weight excluding hydrogens is 231 g/mol. The van der Waals surface area contributed by atoms with E-state index in [9.17, 15) is 9.50 Å². The summed E-state index contributed by atoms with van der Waals surface area (Å²) >= 11 is 0. The fourth-order valence-corrected chi connectivity index (χ4v) is 2.34. The summed E-state index contributed by atoms with van der Waals surface area (Å²) in [5, 5.41) is 9.43. The summed E-state index contributed by atoms with van der Waals surface area (Å²) in [5.41, 5.74) is 1.28. The minimum atomic E-state index is -0.620. The van der Waals surface area contributed by atoms with Crippen LogP contribution >= 0.6 is 0 Å². The standard InChI is InChI=1S/C14H21FN2O/c1-3-16-6-8-17(9-7-16)14-5-4-12(11(2)18)10-13(14)15/h4-5,10-11,18H,3,6-9H2,1-2H3/t11-/m1/s1. The van der Waals surface area contributed by atoms with E-state index >= 15 is 0 Å². The van der Waals surface area contributed by atoms with Gasteiger partial charge >= 0.3 is 0 Å². The Morgan fingerprint density at radius 2 is 1.94 bits per heavy atom. The SMILES string of the molecule is CCN1CCN(c2ccc([C@@H](C)O)cc2F)CC1. The molecule has 1 aromatic rings. The normalized spacial score (nSPS) is 19.0. The molecule has 0 unspecified atom stereocenters. The van der Waals surface area contributed by atoms with Crippen LogP contribution in [0.2, 0.25) is 0 Å². The maximum Gasteiger partial charge on any atom is 0.146 e. The molecule has 2 rings (SSSR count).